The van der Waals surface area contributed by atoms with E-state index >= 15 is 0 Å². The van der Waals surface area contributed by atoms with Crippen molar-refractivity contribution in [2.45, 2.75) is 39.0 Å². The number of aryl methyl sites for hydroxylation is 2. The molecule has 5 heteroatoms. The predicted molar refractivity (Wildman–Crippen MR) is 103 cm³/mol. The molecule has 2 fully saturated rings. The van der Waals surface area contributed by atoms with E-state index in [9.17, 15) is 4.79 Å². The summed E-state index contributed by atoms with van der Waals surface area (Å²) in [4.78, 5) is 26.4. The Morgan fingerprint density at radius 1 is 1.00 bits per heavy atom. The summed E-state index contributed by atoms with van der Waals surface area (Å²) in [5.74, 6) is 1.23. The second kappa shape index (κ2) is 7.06. The van der Waals surface area contributed by atoms with Gasteiger partial charge in [-0.2, -0.15) is 0 Å². The van der Waals surface area contributed by atoms with Crippen molar-refractivity contribution < 1.29 is 4.79 Å². The van der Waals surface area contributed by atoms with E-state index in [-0.39, 0.29) is 11.8 Å². The summed E-state index contributed by atoms with van der Waals surface area (Å²) >= 11 is 0. The summed E-state index contributed by atoms with van der Waals surface area (Å²) in [6.45, 7) is 7.72. The standard InChI is InChI=1S/C21H26N4O/c1-15-13-16(2)23-20(22-15)18-9-12-25(14-18)21(26)17-5-7-19(8-6-17)24-10-3-4-11-24/h5-8,13,18H,3-4,9-12,14H2,1-2H3. The van der Waals surface area contributed by atoms with Crippen molar-refractivity contribution in [3.63, 3.8) is 0 Å². The number of carbonyl (C=O) groups is 1. The second-order valence-corrected chi connectivity index (χ2v) is 7.49. The van der Waals surface area contributed by atoms with E-state index in [2.05, 4.69) is 27.0 Å². The molecule has 136 valence electrons. The van der Waals surface area contributed by atoms with E-state index in [0.717, 1.165) is 48.8 Å². The highest BCUT2D eigenvalue weighted by atomic mass is 16.2. The quantitative estimate of drug-likeness (QED) is 0.852. The van der Waals surface area contributed by atoms with Gasteiger partial charge in [-0.15, -0.1) is 0 Å². The van der Waals surface area contributed by atoms with E-state index < -0.39 is 0 Å². The molecule has 0 radical (unpaired) electrons. The zero-order valence-electron chi connectivity index (χ0n) is 15.6. The third-order valence-electron chi connectivity index (χ3n) is 5.43. The summed E-state index contributed by atoms with van der Waals surface area (Å²) in [6.07, 6.45) is 3.45. The second-order valence-electron chi connectivity index (χ2n) is 7.49. The summed E-state index contributed by atoms with van der Waals surface area (Å²) in [6, 6.07) is 10.1. The molecule has 2 aliphatic heterocycles. The van der Waals surface area contributed by atoms with Crippen LogP contribution in [0.25, 0.3) is 0 Å². The van der Waals surface area contributed by atoms with Crippen LogP contribution in [-0.2, 0) is 0 Å². The van der Waals surface area contributed by atoms with Gasteiger partial charge in [0.2, 0.25) is 0 Å². The van der Waals surface area contributed by atoms with Crippen molar-refractivity contribution in [3.8, 4) is 0 Å². The van der Waals surface area contributed by atoms with Crippen LogP contribution in [0, 0.1) is 13.8 Å². The Morgan fingerprint density at radius 2 is 1.65 bits per heavy atom. The average Bonchev–Trinajstić information content (AvgIpc) is 3.32. The summed E-state index contributed by atoms with van der Waals surface area (Å²) < 4.78 is 0. The molecule has 1 atom stereocenters. The molecule has 3 heterocycles. The SMILES string of the molecule is Cc1cc(C)nc(C2CCN(C(=O)c3ccc(N4CCCC4)cc3)C2)n1. The Kier molecular flexibility index (Phi) is 4.62. The first kappa shape index (κ1) is 17.0. The van der Waals surface area contributed by atoms with Gasteiger partial charge in [0.25, 0.3) is 5.91 Å². The number of likely N-dealkylation sites (tertiary alicyclic amines) is 1. The van der Waals surface area contributed by atoms with E-state index in [0.29, 0.717) is 6.54 Å². The fourth-order valence-corrected chi connectivity index (χ4v) is 4.06. The Morgan fingerprint density at radius 3 is 2.31 bits per heavy atom. The van der Waals surface area contributed by atoms with Crippen molar-refractivity contribution in [3.05, 3.63) is 53.1 Å². The molecular weight excluding hydrogens is 324 g/mol. The minimum atomic E-state index is 0.116. The van der Waals surface area contributed by atoms with Crippen LogP contribution >= 0.6 is 0 Å². The molecule has 2 aromatic rings. The molecule has 2 aliphatic rings. The van der Waals surface area contributed by atoms with E-state index in [1.165, 1.54) is 18.5 Å². The first-order chi connectivity index (χ1) is 12.6. The Balaban J connectivity index is 1.44. The van der Waals surface area contributed by atoms with Crippen LogP contribution in [0.4, 0.5) is 5.69 Å². The number of benzene rings is 1. The van der Waals surface area contributed by atoms with Gasteiger partial charge in [-0.1, -0.05) is 0 Å². The van der Waals surface area contributed by atoms with E-state index in [1.807, 2.05) is 36.9 Å². The molecule has 1 unspecified atom stereocenters. The van der Waals surface area contributed by atoms with Crippen LogP contribution in [0.5, 0.6) is 0 Å². The maximum Gasteiger partial charge on any atom is 0.253 e. The smallest absolute Gasteiger partial charge is 0.253 e. The minimum absolute atomic E-state index is 0.116. The molecule has 1 aromatic carbocycles. The first-order valence-electron chi connectivity index (χ1n) is 9.56. The predicted octanol–water partition coefficient (Wildman–Crippen LogP) is 3.32. The highest BCUT2D eigenvalue weighted by Crippen LogP contribution is 2.27. The lowest BCUT2D eigenvalue weighted by molar-refractivity contribution is 0.0790. The van der Waals surface area contributed by atoms with Gasteiger partial charge in [-0.25, -0.2) is 9.97 Å². The average molecular weight is 350 g/mol. The normalized spacial score (nSPS) is 20.0. The number of hydrogen-bond donors (Lipinski definition) is 0. The number of anilines is 1. The monoisotopic (exact) mass is 350 g/mol. The minimum Gasteiger partial charge on any atom is -0.372 e. The molecule has 4 rings (SSSR count). The Labute approximate surface area is 155 Å². The van der Waals surface area contributed by atoms with Crippen LogP contribution in [0.1, 0.15) is 52.8 Å². The number of rotatable bonds is 3. The molecule has 1 aromatic heterocycles. The molecule has 0 bridgehead atoms. The fourth-order valence-electron chi connectivity index (χ4n) is 4.06. The number of hydrogen-bond acceptors (Lipinski definition) is 4. The molecule has 5 nitrogen and oxygen atoms in total. The van der Waals surface area contributed by atoms with Crippen LogP contribution < -0.4 is 4.90 Å². The summed E-state index contributed by atoms with van der Waals surface area (Å²) in [5, 5.41) is 0. The molecule has 0 saturated carbocycles. The first-order valence-corrected chi connectivity index (χ1v) is 9.56. The number of carbonyl (C=O) groups excluding carboxylic acids is 1. The van der Waals surface area contributed by atoms with Gasteiger partial charge in [0, 0.05) is 54.7 Å². The van der Waals surface area contributed by atoms with Gasteiger partial charge in [0.15, 0.2) is 0 Å². The van der Waals surface area contributed by atoms with E-state index in [4.69, 9.17) is 0 Å². The zero-order chi connectivity index (χ0) is 18.1. The van der Waals surface area contributed by atoms with Crippen molar-refractivity contribution in [1.82, 2.24) is 14.9 Å². The topological polar surface area (TPSA) is 49.3 Å². The lowest BCUT2D eigenvalue weighted by atomic mass is 10.1. The Hall–Kier alpha value is -2.43. The van der Waals surface area contributed by atoms with Crippen molar-refractivity contribution in [1.29, 1.82) is 0 Å². The zero-order valence-corrected chi connectivity index (χ0v) is 15.6. The molecule has 2 saturated heterocycles. The van der Waals surface area contributed by atoms with Crippen LogP contribution in [-0.4, -0.2) is 47.0 Å². The molecule has 1 amide bonds. The van der Waals surface area contributed by atoms with Crippen LogP contribution in [0.2, 0.25) is 0 Å². The lowest BCUT2D eigenvalue weighted by Crippen LogP contribution is -2.28. The lowest BCUT2D eigenvalue weighted by Gasteiger charge is -2.19. The molecule has 26 heavy (non-hydrogen) atoms. The highest BCUT2D eigenvalue weighted by Gasteiger charge is 2.30. The Bertz CT molecular complexity index is 776. The molecule has 0 N–H and O–H groups in total. The molecular formula is C21H26N4O. The van der Waals surface area contributed by atoms with Gasteiger partial charge < -0.3 is 9.80 Å². The van der Waals surface area contributed by atoms with Gasteiger partial charge in [-0.05, 0) is 63.4 Å². The number of nitrogens with zero attached hydrogens (tertiary/aromatic N) is 4. The maximum atomic E-state index is 12.9. The van der Waals surface area contributed by atoms with Crippen LogP contribution in [0.15, 0.2) is 30.3 Å². The summed E-state index contributed by atoms with van der Waals surface area (Å²) in [7, 11) is 0. The van der Waals surface area contributed by atoms with Gasteiger partial charge in [0.05, 0.1) is 0 Å². The van der Waals surface area contributed by atoms with Gasteiger partial charge in [-0.3, -0.25) is 4.79 Å². The highest BCUT2D eigenvalue weighted by molar-refractivity contribution is 5.94. The van der Waals surface area contributed by atoms with Gasteiger partial charge in [0.1, 0.15) is 5.82 Å². The largest absolute Gasteiger partial charge is 0.372 e. The number of amides is 1. The van der Waals surface area contributed by atoms with Crippen molar-refractivity contribution >= 4 is 11.6 Å². The van der Waals surface area contributed by atoms with Gasteiger partial charge >= 0.3 is 0 Å². The van der Waals surface area contributed by atoms with E-state index in [1.54, 1.807) is 0 Å². The number of aromatic nitrogens is 2. The molecule has 0 aliphatic carbocycles. The van der Waals surface area contributed by atoms with Crippen molar-refractivity contribution in [2.24, 2.45) is 0 Å². The maximum absolute atomic E-state index is 12.9. The summed E-state index contributed by atoms with van der Waals surface area (Å²) in [5.41, 5.74) is 3.99. The molecule has 0 spiro atoms. The third kappa shape index (κ3) is 3.43. The van der Waals surface area contributed by atoms with Crippen LogP contribution in [0.3, 0.4) is 0 Å². The fraction of sp³-hybridized carbons (Fsp3) is 0.476. The van der Waals surface area contributed by atoms with Crippen molar-refractivity contribution in [2.75, 3.05) is 31.1 Å². The third-order valence-corrected chi connectivity index (χ3v) is 5.43.